The Hall–Kier alpha value is -1.86. The second-order valence-corrected chi connectivity index (χ2v) is 3.86. The van der Waals surface area contributed by atoms with Crippen LogP contribution in [0.2, 0.25) is 0 Å². The Morgan fingerprint density at radius 3 is 2.41 bits per heavy atom. The van der Waals surface area contributed by atoms with E-state index in [1.807, 2.05) is 0 Å². The lowest BCUT2D eigenvalue weighted by Gasteiger charge is -2.20. The number of anilines is 1. The molecule has 1 heterocycles. The molecule has 0 saturated heterocycles. The fourth-order valence-electron chi connectivity index (χ4n) is 1.42. The van der Waals surface area contributed by atoms with Crippen LogP contribution in [0, 0.1) is 10.1 Å². The normalized spacial score (nSPS) is 17.6. The number of nitrogens with one attached hydrogen (secondary N) is 1. The zero-order valence-corrected chi connectivity index (χ0v) is 8.49. The van der Waals surface area contributed by atoms with E-state index in [0.717, 1.165) is 12.3 Å². The Morgan fingerprint density at radius 1 is 1.41 bits per heavy atom. The van der Waals surface area contributed by atoms with Crippen molar-refractivity contribution in [3.8, 4) is 0 Å². The van der Waals surface area contributed by atoms with Crippen molar-refractivity contribution in [2.75, 3.05) is 5.32 Å². The average molecular weight is 247 g/mol. The first-order chi connectivity index (χ1) is 7.84. The van der Waals surface area contributed by atoms with E-state index in [-0.39, 0.29) is 24.3 Å². The van der Waals surface area contributed by atoms with Crippen LogP contribution in [-0.2, 0) is 0 Å². The molecule has 0 aromatic carbocycles. The summed E-state index contributed by atoms with van der Waals surface area (Å²) in [4.78, 5) is 13.3. The van der Waals surface area contributed by atoms with Gasteiger partial charge in [-0.1, -0.05) is 0 Å². The molecule has 1 N–H and O–H groups in total. The van der Waals surface area contributed by atoms with E-state index in [0.29, 0.717) is 0 Å². The van der Waals surface area contributed by atoms with Gasteiger partial charge in [0.25, 0.3) is 5.69 Å². The van der Waals surface area contributed by atoms with Gasteiger partial charge >= 0.3 is 6.18 Å². The summed E-state index contributed by atoms with van der Waals surface area (Å²) in [6, 6.07) is 2.28. The van der Waals surface area contributed by atoms with Gasteiger partial charge in [0.05, 0.1) is 4.92 Å². The average Bonchev–Trinajstić information content (AvgIpc) is 2.98. The maximum atomic E-state index is 12.6. The third-order valence-corrected chi connectivity index (χ3v) is 2.62. The van der Waals surface area contributed by atoms with Gasteiger partial charge < -0.3 is 5.32 Å². The second-order valence-electron chi connectivity index (χ2n) is 3.86. The van der Waals surface area contributed by atoms with E-state index in [4.69, 9.17) is 0 Å². The molecule has 0 atom stereocenters. The first-order valence-corrected chi connectivity index (χ1v) is 4.79. The quantitative estimate of drug-likeness (QED) is 0.658. The van der Waals surface area contributed by atoms with Gasteiger partial charge in [0.1, 0.15) is 17.6 Å². The van der Waals surface area contributed by atoms with Crippen molar-refractivity contribution in [1.82, 2.24) is 4.98 Å². The van der Waals surface area contributed by atoms with Gasteiger partial charge in [-0.25, -0.2) is 4.98 Å². The first-order valence-electron chi connectivity index (χ1n) is 4.79. The number of rotatable bonds is 3. The monoisotopic (exact) mass is 247 g/mol. The predicted octanol–water partition coefficient (Wildman–Crippen LogP) is 2.50. The molecule has 0 amide bonds. The molecule has 1 fully saturated rings. The molecule has 1 aromatic heterocycles. The van der Waals surface area contributed by atoms with E-state index < -0.39 is 16.6 Å². The Kier molecular flexibility index (Phi) is 2.44. The predicted molar refractivity (Wildman–Crippen MR) is 52.5 cm³/mol. The molecule has 0 unspecified atom stereocenters. The van der Waals surface area contributed by atoms with E-state index in [1.54, 1.807) is 0 Å². The van der Waals surface area contributed by atoms with Crippen LogP contribution in [-0.4, -0.2) is 21.6 Å². The maximum Gasteiger partial charge on any atom is 0.411 e. The van der Waals surface area contributed by atoms with Crippen molar-refractivity contribution in [3.63, 3.8) is 0 Å². The highest BCUT2D eigenvalue weighted by Crippen LogP contribution is 2.50. The lowest BCUT2D eigenvalue weighted by molar-refractivity contribution is -0.385. The molecule has 92 valence electrons. The van der Waals surface area contributed by atoms with E-state index in [2.05, 4.69) is 10.3 Å². The molecule has 5 nitrogen and oxygen atoms in total. The number of hydrogen-bond acceptors (Lipinski definition) is 4. The highest BCUT2D eigenvalue weighted by molar-refractivity contribution is 5.45. The van der Waals surface area contributed by atoms with Crippen LogP contribution < -0.4 is 5.32 Å². The fourth-order valence-corrected chi connectivity index (χ4v) is 1.42. The summed E-state index contributed by atoms with van der Waals surface area (Å²) < 4.78 is 37.8. The Labute approximate surface area is 93.8 Å². The van der Waals surface area contributed by atoms with E-state index in [1.165, 1.54) is 6.07 Å². The molecular formula is C9H8F3N3O2. The van der Waals surface area contributed by atoms with Crippen LogP contribution in [0.1, 0.15) is 12.8 Å². The molecule has 2 rings (SSSR count). The Bertz CT molecular complexity index is 440. The third kappa shape index (κ3) is 2.15. The highest BCUT2D eigenvalue weighted by atomic mass is 19.4. The van der Waals surface area contributed by atoms with Gasteiger partial charge in [0, 0.05) is 6.07 Å². The molecule has 1 aromatic rings. The summed E-state index contributed by atoms with van der Waals surface area (Å²) in [5, 5.41) is 12.6. The second kappa shape index (κ2) is 3.57. The van der Waals surface area contributed by atoms with Crippen LogP contribution in [0.15, 0.2) is 18.3 Å². The molecule has 0 bridgehead atoms. The fraction of sp³-hybridized carbons (Fsp3) is 0.444. The molecule has 1 aliphatic carbocycles. The van der Waals surface area contributed by atoms with Gasteiger partial charge in [0.15, 0.2) is 0 Å². The Balaban J connectivity index is 2.13. The van der Waals surface area contributed by atoms with Crippen molar-refractivity contribution in [3.05, 3.63) is 28.4 Å². The summed E-state index contributed by atoms with van der Waals surface area (Å²) in [6.07, 6.45) is -3.42. The summed E-state index contributed by atoms with van der Waals surface area (Å²) >= 11 is 0. The van der Waals surface area contributed by atoms with Gasteiger partial charge in [-0.15, -0.1) is 0 Å². The van der Waals surface area contributed by atoms with E-state index in [9.17, 15) is 23.3 Å². The van der Waals surface area contributed by atoms with Gasteiger partial charge in [0.2, 0.25) is 0 Å². The van der Waals surface area contributed by atoms with Crippen molar-refractivity contribution in [2.24, 2.45) is 0 Å². The van der Waals surface area contributed by atoms with Gasteiger partial charge in [-0.3, -0.25) is 10.1 Å². The number of hydrogen-bond donors (Lipinski definition) is 1. The van der Waals surface area contributed by atoms with Crippen LogP contribution in [0.4, 0.5) is 24.7 Å². The maximum absolute atomic E-state index is 12.6. The van der Waals surface area contributed by atoms with Crippen LogP contribution in [0.25, 0.3) is 0 Å². The molecule has 0 spiro atoms. The lowest BCUT2D eigenvalue weighted by atomic mass is 10.2. The number of pyridine rings is 1. The SMILES string of the molecule is O=[N+]([O-])c1ccc(NC2(C(F)(F)F)CC2)nc1. The summed E-state index contributed by atoms with van der Waals surface area (Å²) in [5.74, 6) is -0.00887. The minimum atomic E-state index is -4.34. The number of halogens is 3. The van der Waals surface area contributed by atoms with Crippen molar-refractivity contribution < 1.29 is 18.1 Å². The molecule has 17 heavy (non-hydrogen) atoms. The van der Waals surface area contributed by atoms with Gasteiger partial charge in [-0.2, -0.15) is 13.2 Å². The minimum Gasteiger partial charge on any atom is -0.356 e. The summed E-state index contributed by atoms with van der Waals surface area (Å²) in [5.41, 5.74) is -2.16. The largest absolute Gasteiger partial charge is 0.411 e. The summed E-state index contributed by atoms with van der Waals surface area (Å²) in [7, 11) is 0. The number of alkyl halides is 3. The number of aromatic nitrogens is 1. The zero-order valence-electron chi connectivity index (χ0n) is 8.49. The Morgan fingerprint density at radius 2 is 2.06 bits per heavy atom. The molecule has 1 saturated carbocycles. The molecule has 0 aliphatic heterocycles. The zero-order chi connectivity index (χ0) is 12.7. The molecular weight excluding hydrogens is 239 g/mol. The molecule has 0 radical (unpaired) electrons. The van der Waals surface area contributed by atoms with Crippen LogP contribution in [0.3, 0.4) is 0 Å². The minimum absolute atomic E-state index is 0.00479. The van der Waals surface area contributed by atoms with Crippen LogP contribution in [0.5, 0.6) is 0 Å². The topological polar surface area (TPSA) is 68.1 Å². The molecule has 1 aliphatic rings. The van der Waals surface area contributed by atoms with Crippen LogP contribution >= 0.6 is 0 Å². The standard InChI is InChI=1S/C9H8F3N3O2/c10-9(11,12)8(3-4-8)14-7-2-1-6(5-13-7)15(16)17/h1-2,5H,3-4H2,(H,13,14). The highest BCUT2D eigenvalue weighted by Gasteiger charge is 2.63. The van der Waals surface area contributed by atoms with E-state index >= 15 is 0 Å². The lowest BCUT2D eigenvalue weighted by Crippen LogP contribution is -2.38. The first kappa shape index (κ1) is 11.6. The van der Waals surface area contributed by atoms with Crippen molar-refractivity contribution in [2.45, 2.75) is 24.6 Å². The summed E-state index contributed by atoms with van der Waals surface area (Å²) in [6.45, 7) is 0. The van der Waals surface area contributed by atoms with Crippen molar-refractivity contribution >= 4 is 11.5 Å². The number of nitrogens with zero attached hydrogens (tertiary/aromatic N) is 2. The third-order valence-electron chi connectivity index (χ3n) is 2.62. The smallest absolute Gasteiger partial charge is 0.356 e. The molecule has 8 heteroatoms. The van der Waals surface area contributed by atoms with Gasteiger partial charge in [-0.05, 0) is 18.9 Å². The number of nitro groups is 1. The van der Waals surface area contributed by atoms with Crippen molar-refractivity contribution in [1.29, 1.82) is 0 Å².